The van der Waals surface area contributed by atoms with Crippen molar-refractivity contribution < 1.29 is 10.0 Å². The molecular formula is C23H35N3O2. The van der Waals surface area contributed by atoms with Crippen LogP contribution in [-0.4, -0.2) is 33.6 Å². The lowest BCUT2D eigenvalue weighted by atomic mass is 9.90. The first-order valence-corrected chi connectivity index (χ1v) is 10.8. The minimum Gasteiger partial charge on any atom is -0.295 e. The molecule has 28 heavy (non-hydrogen) atoms. The third kappa shape index (κ3) is 5.21. The fraction of sp³-hybridized carbons (Fsp3) is 0.652. The molecule has 1 aliphatic carbocycles. The lowest BCUT2D eigenvalue weighted by molar-refractivity contribution is 0.0705. The van der Waals surface area contributed by atoms with Gasteiger partial charge < -0.3 is 0 Å². The van der Waals surface area contributed by atoms with E-state index < -0.39 is 5.91 Å². The normalized spacial score (nSPS) is 28.3. The van der Waals surface area contributed by atoms with Crippen molar-refractivity contribution in [1.82, 2.24) is 15.4 Å². The van der Waals surface area contributed by atoms with Gasteiger partial charge in [-0.2, -0.15) is 0 Å². The van der Waals surface area contributed by atoms with E-state index in [0.717, 1.165) is 43.1 Å². The number of carbonyl (C=O) groups excluding carboxylic acids is 1. The fourth-order valence-electron chi connectivity index (χ4n) is 4.84. The van der Waals surface area contributed by atoms with Gasteiger partial charge >= 0.3 is 0 Å². The van der Waals surface area contributed by atoms with Gasteiger partial charge in [0.05, 0.1) is 5.56 Å². The van der Waals surface area contributed by atoms with Gasteiger partial charge in [0.1, 0.15) is 0 Å². The summed E-state index contributed by atoms with van der Waals surface area (Å²) in [5.74, 6) is 0.912. The maximum Gasteiger partial charge on any atom is 0.276 e. The molecule has 2 aliphatic rings. The summed E-state index contributed by atoms with van der Waals surface area (Å²) in [5.41, 5.74) is 5.91. The highest BCUT2D eigenvalue weighted by atomic mass is 16.5. The molecule has 0 bridgehead atoms. The first kappa shape index (κ1) is 21.0. The van der Waals surface area contributed by atoms with Crippen LogP contribution in [0.15, 0.2) is 23.9 Å². The van der Waals surface area contributed by atoms with Crippen molar-refractivity contribution >= 4 is 5.91 Å². The van der Waals surface area contributed by atoms with Crippen LogP contribution in [-0.2, 0) is 13.0 Å². The van der Waals surface area contributed by atoms with Gasteiger partial charge in [-0.05, 0) is 68.9 Å². The average molecular weight is 386 g/mol. The number of pyridine rings is 1. The maximum absolute atomic E-state index is 11.8. The van der Waals surface area contributed by atoms with Crippen LogP contribution in [0.2, 0.25) is 0 Å². The van der Waals surface area contributed by atoms with Crippen LogP contribution in [0, 0.1) is 11.8 Å². The van der Waals surface area contributed by atoms with Crippen LogP contribution in [0.3, 0.4) is 0 Å². The number of fused-ring (bicyclic) bond motifs is 1. The van der Waals surface area contributed by atoms with E-state index in [0.29, 0.717) is 17.5 Å². The molecule has 2 heterocycles. The second kappa shape index (κ2) is 9.66. The molecule has 1 aromatic heterocycles. The molecule has 1 aromatic rings. The molecule has 0 radical (unpaired) electrons. The number of aromatic nitrogens is 1. The zero-order valence-corrected chi connectivity index (χ0v) is 17.6. The predicted octanol–water partition coefficient (Wildman–Crippen LogP) is 4.50. The molecule has 3 atom stereocenters. The van der Waals surface area contributed by atoms with E-state index in [4.69, 9.17) is 5.21 Å². The van der Waals surface area contributed by atoms with E-state index in [2.05, 4.69) is 36.7 Å². The summed E-state index contributed by atoms with van der Waals surface area (Å²) in [4.78, 5) is 18.9. The summed E-state index contributed by atoms with van der Waals surface area (Å²) in [6, 6.07) is 2.41. The standard InChI is InChI=1S/C23H35N3O2/c1-4-21-12-22-20(11-19(13-24-22)23(27)25-28)15-26(21)14-18-7-5-6-16(2)10-17(3)8-9-18/h10-11,13,17-18,21,28H,4-9,12,14-15H2,1-3H3,(H,25,27)/b16-10-/t17-,18+,21-/m1/s1. The van der Waals surface area contributed by atoms with E-state index in [-0.39, 0.29) is 0 Å². The van der Waals surface area contributed by atoms with Crippen LogP contribution >= 0.6 is 0 Å². The second-order valence-electron chi connectivity index (χ2n) is 8.79. The number of nitrogens with zero attached hydrogens (tertiary/aromatic N) is 2. The zero-order chi connectivity index (χ0) is 20.1. The van der Waals surface area contributed by atoms with Crippen molar-refractivity contribution in [3.05, 3.63) is 40.7 Å². The number of hydroxylamine groups is 1. The summed E-state index contributed by atoms with van der Waals surface area (Å²) in [6.07, 6.45) is 12.5. The van der Waals surface area contributed by atoms with E-state index >= 15 is 0 Å². The van der Waals surface area contributed by atoms with Crippen LogP contribution in [0.25, 0.3) is 0 Å². The number of carbonyl (C=O) groups is 1. The van der Waals surface area contributed by atoms with Crippen LogP contribution in [0.5, 0.6) is 0 Å². The fourth-order valence-corrected chi connectivity index (χ4v) is 4.84. The highest BCUT2D eigenvalue weighted by Crippen LogP contribution is 2.30. The number of nitrogens with one attached hydrogen (secondary N) is 1. The number of allylic oxidation sites excluding steroid dienone is 2. The quantitative estimate of drug-likeness (QED) is 0.455. The first-order chi connectivity index (χ1) is 13.5. The molecule has 5 heteroatoms. The summed E-state index contributed by atoms with van der Waals surface area (Å²) in [6.45, 7) is 8.85. The summed E-state index contributed by atoms with van der Waals surface area (Å²) in [7, 11) is 0. The molecule has 2 N–H and O–H groups in total. The Balaban J connectivity index is 1.71. The number of hydrogen-bond acceptors (Lipinski definition) is 4. The molecule has 0 saturated carbocycles. The first-order valence-electron chi connectivity index (χ1n) is 10.8. The highest BCUT2D eigenvalue weighted by molar-refractivity contribution is 5.93. The summed E-state index contributed by atoms with van der Waals surface area (Å²) >= 11 is 0. The van der Waals surface area contributed by atoms with Crippen LogP contribution in [0.4, 0.5) is 0 Å². The smallest absolute Gasteiger partial charge is 0.276 e. The van der Waals surface area contributed by atoms with Gasteiger partial charge in [0.25, 0.3) is 5.91 Å². The van der Waals surface area contributed by atoms with Crippen molar-refractivity contribution in [3.8, 4) is 0 Å². The van der Waals surface area contributed by atoms with Crippen molar-refractivity contribution in [3.63, 3.8) is 0 Å². The molecule has 3 rings (SSSR count). The van der Waals surface area contributed by atoms with Gasteiger partial charge in [-0.15, -0.1) is 0 Å². The monoisotopic (exact) mass is 385 g/mol. The molecule has 5 nitrogen and oxygen atoms in total. The van der Waals surface area contributed by atoms with Crippen molar-refractivity contribution in [1.29, 1.82) is 0 Å². The van der Waals surface area contributed by atoms with Crippen LogP contribution in [0.1, 0.15) is 80.9 Å². The molecule has 0 spiro atoms. The zero-order valence-electron chi connectivity index (χ0n) is 17.6. The molecule has 1 aliphatic heterocycles. The highest BCUT2D eigenvalue weighted by Gasteiger charge is 2.28. The Morgan fingerprint density at radius 3 is 2.93 bits per heavy atom. The minimum atomic E-state index is -0.493. The van der Waals surface area contributed by atoms with Crippen molar-refractivity contribution in [2.75, 3.05) is 6.54 Å². The van der Waals surface area contributed by atoms with E-state index in [1.54, 1.807) is 17.3 Å². The number of amides is 1. The van der Waals surface area contributed by atoms with Gasteiger partial charge in [0.15, 0.2) is 0 Å². The van der Waals surface area contributed by atoms with Crippen molar-refractivity contribution in [2.45, 2.75) is 78.3 Å². The molecule has 0 unspecified atom stereocenters. The van der Waals surface area contributed by atoms with Crippen LogP contribution < -0.4 is 5.48 Å². The molecule has 1 amide bonds. The van der Waals surface area contributed by atoms with Crippen molar-refractivity contribution in [2.24, 2.45) is 11.8 Å². The van der Waals surface area contributed by atoms with Gasteiger partial charge in [-0.1, -0.05) is 25.5 Å². The Hall–Kier alpha value is -1.72. The van der Waals surface area contributed by atoms with Gasteiger partial charge in [0.2, 0.25) is 0 Å². The largest absolute Gasteiger partial charge is 0.295 e. The number of hydrogen-bond donors (Lipinski definition) is 2. The lowest BCUT2D eigenvalue weighted by Crippen LogP contribution is -2.43. The van der Waals surface area contributed by atoms with Gasteiger partial charge in [-0.3, -0.25) is 19.9 Å². The Morgan fingerprint density at radius 2 is 2.18 bits per heavy atom. The Bertz CT molecular complexity index is 716. The maximum atomic E-state index is 11.8. The third-order valence-electron chi connectivity index (χ3n) is 6.49. The van der Waals surface area contributed by atoms with E-state index in [1.807, 2.05) is 6.07 Å². The van der Waals surface area contributed by atoms with E-state index in [1.165, 1.54) is 32.1 Å². The SMILES string of the molecule is CC[C@@H]1Cc2ncc(C(=O)NO)cc2CN1C[C@H]1CCC/C(C)=C\[C@H](C)CC1. The summed E-state index contributed by atoms with van der Waals surface area (Å²) < 4.78 is 0. The second-order valence-corrected chi connectivity index (χ2v) is 8.79. The third-order valence-corrected chi connectivity index (χ3v) is 6.49. The van der Waals surface area contributed by atoms with Gasteiger partial charge in [-0.25, -0.2) is 5.48 Å². The van der Waals surface area contributed by atoms with E-state index in [9.17, 15) is 4.79 Å². The Labute approximate surface area is 169 Å². The lowest BCUT2D eigenvalue weighted by Gasteiger charge is -2.38. The average Bonchev–Trinajstić information content (AvgIpc) is 2.77. The minimum absolute atomic E-state index is 0.425. The number of rotatable bonds is 4. The topological polar surface area (TPSA) is 65.5 Å². The predicted molar refractivity (Wildman–Crippen MR) is 111 cm³/mol. The molecule has 154 valence electrons. The molecular weight excluding hydrogens is 350 g/mol. The molecule has 0 saturated heterocycles. The Morgan fingerprint density at radius 1 is 1.36 bits per heavy atom. The Kier molecular flexibility index (Phi) is 7.24. The molecule has 0 aromatic carbocycles. The summed E-state index contributed by atoms with van der Waals surface area (Å²) in [5, 5.41) is 8.91. The van der Waals surface area contributed by atoms with Gasteiger partial charge in [0, 0.05) is 37.4 Å². The molecule has 0 fully saturated rings.